The van der Waals surface area contributed by atoms with Crippen molar-refractivity contribution in [2.75, 3.05) is 18.0 Å². The molecule has 12 heteroatoms. The highest BCUT2D eigenvalue weighted by atomic mass is 32.2. The van der Waals surface area contributed by atoms with E-state index >= 15 is 0 Å². The number of rotatable bonds is 7. The number of hydrogen-bond acceptors (Lipinski definition) is 8. The highest BCUT2D eigenvalue weighted by molar-refractivity contribution is 7.89. The molecular formula is C30H35N7O4S. The van der Waals surface area contributed by atoms with Gasteiger partial charge in [0, 0.05) is 43.5 Å². The summed E-state index contributed by atoms with van der Waals surface area (Å²) in [7, 11) is -3.85. The van der Waals surface area contributed by atoms with Crippen LogP contribution in [-0.2, 0) is 27.9 Å². The molecule has 2 atom stereocenters. The lowest BCUT2D eigenvalue weighted by Gasteiger charge is -2.36. The lowest BCUT2D eigenvalue weighted by molar-refractivity contribution is -0.137. The molecule has 0 bridgehead atoms. The number of carbonyl (C=O) groups is 1. The summed E-state index contributed by atoms with van der Waals surface area (Å²) in [4.78, 5) is 23.9. The third kappa shape index (κ3) is 4.92. The third-order valence-electron chi connectivity index (χ3n) is 8.62. The molecule has 0 saturated carbocycles. The topological polar surface area (TPSA) is 134 Å². The van der Waals surface area contributed by atoms with Gasteiger partial charge in [-0.3, -0.25) is 9.78 Å². The zero-order valence-electron chi connectivity index (χ0n) is 24.1. The van der Waals surface area contributed by atoms with Crippen LogP contribution in [0.15, 0.2) is 47.5 Å². The maximum absolute atomic E-state index is 14.0. The van der Waals surface area contributed by atoms with E-state index in [2.05, 4.69) is 20.2 Å². The van der Waals surface area contributed by atoms with Gasteiger partial charge >= 0.3 is 5.97 Å². The van der Waals surface area contributed by atoms with E-state index in [0.717, 1.165) is 53.5 Å². The van der Waals surface area contributed by atoms with Gasteiger partial charge in [-0.25, -0.2) is 18.1 Å². The van der Waals surface area contributed by atoms with Crippen molar-refractivity contribution in [3.8, 4) is 0 Å². The zero-order valence-corrected chi connectivity index (χ0v) is 24.9. The number of pyridine rings is 2. The Morgan fingerprint density at radius 2 is 1.98 bits per heavy atom. The molecule has 220 valence electrons. The molecule has 42 heavy (non-hydrogen) atoms. The lowest BCUT2D eigenvalue weighted by Crippen LogP contribution is -2.45. The smallest absolute Gasteiger partial charge is 0.304 e. The number of nitrogens with zero attached hydrogens (tertiary/aromatic N) is 7. The molecule has 5 heterocycles. The number of hydrogen-bond donors (Lipinski definition) is 1. The van der Waals surface area contributed by atoms with Crippen LogP contribution < -0.4 is 4.90 Å². The summed E-state index contributed by atoms with van der Waals surface area (Å²) < 4.78 is 31.3. The van der Waals surface area contributed by atoms with E-state index in [0.29, 0.717) is 30.3 Å². The molecule has 0 unspecified atom stereocenters. The molecule has 1 fully saturated rings. The summed E-state index contributed by atoms with van der Waals surface area (Å²) in [5.41, 5.74) is 5.33. The zero-order chi connectivity index (χ0) is 29.6. The molecule has 1 saturated heterocycles. The molecule has 11 nitrogen and oxygen atoms in total. The molecule has 1 aromatic carbocycles. The van der Waals surface area contributed by atoms with E-state index in [1.165, 1.54) is 4.31 Å². The fourth-order valence-corrected chi connectivity index (χ4v) is 7.93. The average molecular weight is 590 g/mol. The van der Waals surface area contributed by atoms with Crippen molar-refractivity contribution in [1.82, 2.24) is 29.3 Å². The van der Waals surface area contributed by atoms with Gasteiger partial charge in [0.2, 0.25) is 10.0 Å². The quantitative estimate of drug-likeness (QED) is 0.339. The number of aromatic nitrogens is 5. The first-order valence-electron chi connectivity index (χ1n) is 14.4. The Morgan fingerprint density at radius 1 is 1.14 bits per heavy atom. The molecule has 0 aliphatic carbocycles. The molecule has 4 aromatic rings. The largest absolute Gasteiger partial charge is 0.481 e. The first-order chi connectivity index (χ1) is 20.2. The monoisotopic (exact) mass is 589 g/mol. The summed E-state index contributed by atoms with van der Waals surface area (Å²) in [6, 6.07) is 10.9. The summed E-state index contributed by atoms with van der Waals surface area (Å²) in [6.45, 7) is 7.71. The van der Waals surface area contributed by atoms with Gasteiger partial charge in [0.25, 0.3) is 0 Å². The predicted molar refractivity (Wildman–Crippen MR) is 158 cm³/mol. The number of piperidine rings is 1. The minimum Gasteiger partial charge on any atom is -0.481 e. The van der Waals surface area contributed by atoms with Gasteiger partial charge in [-0.05, 0) is 81.0 Å². The Labute approximate surface area is 245 Å². The van der Waals surface area contributed by atoms with Gasteiger partial charge in [0.05, 0.1) is 24.2 Å². The van der Waals surface area contributed by atoms with Gasteiger partial charge in [-0.15, -0.1) is 5.10 Å². The summed E-state index contributed by atoms with van der Waals surface area (Å²) >= 11 is 0. The molecule has 2 aliphatic rings. The van der Waals surface area contributed by atoms with Crippen LogP contribution in [0.2, 0.25) is 0 Å². The van der Waals surface area contributed by atoms with Crippen molar-refractivity contribution in [3.05, 3.63) is 70.7 Å². The van der Waals surface area contributed by atoms with Crippen LogP contribution >= 0.6 is 0 Å². The molecule has 1 N–H and O–H groups in total. The van der Waals surface area contributed by atoms with Crippen molar-refractivity contribution >= 4 is 32.8 Å². The van der Waals surface area contributed by atoms with Crippen LogP contribution in [0, 0.1) is 13.8 Å². The van der Waals surface area contributed by atoms with Gasteiger partial charge in [-0.2, -0.15) is 4.31 Å². The maximum Gasteiger partial charge on any atom is 0.304 e. The maximum atomic E-state index is 14.0. The standard InChI is InChI=1S/C30H35N7O4S/c1-4-37-26-13-11-22(20(3)29(26)33-34-37)23(16-28(38)39)24-12-10-19(2)25(32-24)18-35-17-21-8-5-6-15-36(21)30-27(42(35,40)41)9-7-14-31-30/h7,9-14,21,23H,4-6,8,15-18H2,1-3H3,(H,38,39)/t21-,23+/m0/s1. The Hall–Kier alpha value is -3.90. The van der Waals surface area contributed by atoms with Crippen LogP contribution in [0.4, 0.5) is 5.82 Å². The summed E-state index contributed by atoms with van der Waals surface area (Å²) in [5.74, 6) is -0.967. The van der Waals surface area contributed by atoms with E-state index in [1.54, 1.807) is 18.3 Å². The van der Waals surface area contributed by atoms with Gasteiger partial charge in [0.15, 0.2) is 0 Å². The average Bonchev–Trinajstić information content (AvgIpc) is 3.38. The number of aliphatic carboxylic acids is 1. The van der Waals surface area contributed by atoms with Gasteiger partial charge in [-0.1, -0.05) is 17.3 Å². The Bertz CT molecular complexity index is 1770. The van der Waals surface area contributed by atoms with Crippen molar-refractivity contribution in [2.45, 2.75) is 76.4 Å². The molecule has 0 spiro atoms. The molecule has 3 aromatic heterocycles. The van der Waals surface area contributed by atoms with Crippen molar-refractivity contribution in [3.63, 3.8) is 0 Å². The van der Waals surface area contributed by atoms with Crippen LogP contribution in [-0.4, -0.2) is 67.9 Å². The number of anilines is 1. The van der Waals surface area contributed by atoms with E-state index in [4.69, 9.17) is 4.98 Å². The Morgan fingerprint density at radius 3 is 2.76 bits per heavy atom. The lowest BCUT2D eigenvalue weighted by atomic mass is 9.88. The second kappa shape index (κ2) is 11.1. The van der Waals surface area contributed by atoms with E-state index in [1.807, 2.05) is 49.7 Å². The first-order valence-corrected chi connectivity index (χ1v) is 15.9. The van der Waals surface area contributed by atoms with Gasteiger partial charge < -0.3 is 10.0 Å². The van der Waals surface area contributed by atoms with Crippen LogP contribution in [0.25, 0.3) is 11.0 Å². The molecule has 0 amide bonds. The fourth-order valence-electron chi connectivity index (χ4n) is 6.34. The number of carboxylic acids is 1. The number of sulfonamides is 1. The number of aryl methyl sites for hydroxylation is 3. The third-order valence-corrected chi connectivity index (χ3v) is 10.5. The first kappa shape index (κ1) is 28.2. The minimum absolute atomic E-state index is 0.0267. The van der Waals surface area contributed by atoms with Crippen LogP contribution in [0.3, 0.4) is 0 Å². The van der Waals surface area contributed by atoms with Crippen molar-refractivity contribution in [1.29, 1.82) is 0 Å². The second-order valence-electron chi connectivity index (χ2n) is 11.2. The van der Waals surface area contributed by atoms with E-state index in [-0.39, 0.29) is 23.9 Å². The highest BCUT2D eigenvalue weighted by Gasteiger charge is 2.39. The Balaban J connectivity index is 1.40. The molecule has 0 radical (unpaired) electrons. The normalized spacial score (nSPS) is 19.2. The van der Waals surface area contributed by atoms with Crippen LogP contribution in [0.1, 0.15) is 66.6 Å². The van der Waals surface area contributed by atoms with Crippen LogP contribution in [0.5, 0.6) is 0 Å². The second-order valence-corrected chi connectivity index (χ2v) is 13.1. The van der Waals surface area contributed by atoms with E-state index in [9.17, 15) is 18.3 Å². The number of benzene rings is 1. The Kier molecular flexibility index (Phi) is 7.44. The molecule has 6 rings (SSSR count). The van der Waals surface area contributed by atoms with E-state index < -0.39 is 21.9 Å². The summed E-state index contributed by atoms with van der Waals surface area (Å²) in [5, 5.41) is 18.5. The fraction of sp³-hybridized carbons (Fsp3) is 0.433. The van der Waals surface area contributed by atoms with Gasteiger partial charge in [0.1, 0.15) is 16.2 Å². The SMILES string of the molecule is CCn1nnc2c(C)c([C@@H](CC(=O)O)c3ccc(C)c(CN4C[C@@H]5CCCCN5c5ncccc5S4(=O)=O)n3)ccc21. The molecule has 2 aliphatic heterocycles. The van der Waals surface area contributed by atoms with Crippen molar-refractivity contribution < 1.29 is 18.3 Å². The predicted octanol–water partition coefficient (Wildman–Crippen LogP) is 4.03. The molecular weight excluding hydrogens is 554 g/mol. The summed E-state index contributed by atoms with van der Waals surface area (Å²) in [6.07, 6.45) is 4.41. The highest BCUT2D eigenvalue weighted by Crippen LogP contribution is 2.37. The van der Waals surface area contributed by atoms with Crippen molar-refractivity contribution in [2.24, 2.45) is 0 Å². The number of carboxylic acid groups (broad SMARTS) is 1. The number of fused-ring (bicyclic) bond motifs is 4. The minimum atomic E-state index is -3.85.